The first-order valence-corrected chi connectivity index (χ1v) is 31.5. The number of allylic oxidation sites excluding steroid dienone is 26. The van der Waals surface area contributed by atoms with Crippen LogP contribution >= 0.6 is 0 Å². The van der Waals surface area contributed by atoms with E-state index in [-0.39, 0.29) is 31.1 Å². The van der Waals surface area contributed by atoms with E-state index in [1.807, 2.05) is 0 Å². The van der Waals surface area contributed by atoms with Crippen LogP contribution in [0.5, 0.6) is 0 Å². The molecule has 0 N–H and O–H groups in total. The maximum absolute atomic E-state index is 12.9. The van der Waals surface area contributed by atoms with Crippen molar-refractivity contribution in [1.82, 2.24) is 0 Å². The fraction of sp³-hybridized carbons (Fsp3) is 0.597. The van der Waals surface area contributed by atoms with Crippen molar-refractivity contribution in [3.63, 3.8) is 0 Å². The van der Waals surface area contributed by atoms with Crippen LogP contribution in [0.15, 0.2) is 158 Å². The van der Waals surface area contributed by atoms with Crippen LogP contribution in [-0.4, -0.2) is 37.2 Å². The second kappa shape index (κ2) is 64.6. The summed E-state index contributed by atoms with van der Waals surface area (Å²) in [6.07, 6.45) is 93.9. The molecule has 78 heavy (non-hydrogen) atoms. The number of carbonyl (C=O) groups excluding carboxylic acids is 3. The molecule has 0 aromatic heterocycles. The summed E-state index contributed by atoms with van der Waals surface area (Å²) in [4.78, 5) is 38.2. The van der Waals surface area contributed by atoms with Gasteiger partial charge in [-0.05, 0) is 141 Å². The summed E-state index contributed by atoms with van der Waals surface area (Å²) >= 11 is 0. The average molecular weight is 1080 g/mol. The van der Waals surface area contributed by atoms with Gasteiger partial charge in [-0.3, -0.25) is 14.4 Å². The smallest absolute Gasteiger partial charge is 0.306 e. The molecule has 0 saturated carbocycles. The second-order valence-electron chi connectivity index (χ2n) is 20.2. The molecule has 0 aliphatic carbocycles. The third-order valence-electron chi connectivity index (χ3n) is 12.7. The number of hydrogen-bond donors (Lipinski definition) is 0. The zero-order valence-corrected chi connectivity index (χ0v) is 50.1. The Bertz CT molecular complexity index is 1760. The van der Waals surface area contributed by atoms with E-state index in [9.17, 15) is 14.4 Å². The van der Waals surface area contributed by atoms with E-state index in [0.29, 0.717) is 19.3 Å². The van der Waals surface area contributed by atoms with Crippen molar-refractivity contribution in [2.75, 3.05) is 13.2 Å². The van der Waals surface area contributed by atoms with E-state index in [4.69, 9.17) is 14.2 Å². The Kier molecular flexibility index (Phi) is 60.4. The zero-order chi connectivity index (χ0) is 56.4. The molecular weight excluding hydrogens is 961 g/mol. The van der Waals surface area contributed by atoms with Gasteiger partial charge in [0.1, 0.15) is 13.2 Å². The maximum Gasteiger partial charge on any atom is 0.306 e. The zero-order valence-electron chi connectivity index (χ0n) is 50.1. The summed E-state index contributed by atoms with van der Waals surface area (Å²) in [7, 11) is 0. The third kappa shape index (κ3) is 61.9. The van der Waals surface area contributed by atoms with Gasteiger partial charge in [0.2, 0.25) is 0 Å². The molecule has 0 fully saturated rings. The van der Waals surface area contributed by atoms with E-state index in [1.54, 1.807) is 0 Å². The Hall–Kier alpha value is -4.97. The summed E-state index contributed by atoms with van der Waals surface area (Å²) in [5.41, 5.74) is 0. The van der Waals surface area contributed by atoms with Gasteiger partial charge in [-0.2, -0.15) is 0 Å². The minimum Gasteiger partial charge on any atom is -0.462 e. The lowest BCUT2D eigenvalue weighted by molar-refractivity contribution is -0.167. The Morgan fingerprint density at radius 3 is 0.795 bits per heavy atom. The predicted octanol–water partition coefficient (Wildman–Crippen LogP) is 21.7. The van der Waals surface area contributed by atoms with Gasteiger partial charge < -0.3 is 14.2 Å². The summed E-state index contributed by atoms with van der Waals surface area (Å²) in [5, 5.41) is 0. The van der Waals surface area contributed by atoms with E-state index in [2.05, 4.69) is 179 Å². The normalized spacial score (nSPS) is 13.2. The van der Waals surface area contributed by atoms with Crippen molar-refractivity contribution in [2.24, 2.45) is 0 Å². The molecule has 1 unspecified atom stereocenters. The van der Waals surface area contributed by atoms with Gasteiger partial charge in [0, 0.05) is 19.3 Å². The highest BCUT2D eigenvalue weighted by Crippen LogP contribution is 2.14. The van der Waals surface area contributed by atoms with Crippen molar-refractivity contribution in [1.29, 1.82) is 0 Å². The third-order valence-corrected chi connectivity index (χ3v) is 12.7. The Morgan fingerprint density at radius 2 is 0.500 bits per heavy atom. The molecule has 0 amide bonds. The SMILES string of the molecule is CC/C=C\C/C=C\C/C=C\C/C=C\C/C=C\C/C=C\C/C=C\C/C=C\CCCCCCC(=O)OCC(COC(=O)CCCCCCC/C=C\CCC)OC(=O)CCCCCCCCCC/C=C\C/C=C\C/C=C\C/C=C\CC. The van der Waals surface area contributed by atoms with Crippen LogP contribution in [0.3, 0.4) is 0 Å². The van der Waals surface area contributed by atoms with Crippen LogP contribution in [0.2, 0.25) is 0 Å². The molecule has 0 saturated heterocycles. The number of carbonyl (C=O) groups is 3. The molecule has 6 nitrogen and oxygen atoms in total. The highest BCUT2D eigenvalue weighted by Gasteiger charge is 2.19. The average Bonchev–Trinajstić information content (AvgIpc) is 3.44. The van der Waals surface area contributed by atoms with Gasteiger partial charge in [0.05, 0.1) is 0 Å². The largest absolute Gasteiger partial charge is 0.462 e. The van der Waals surface area contributed by atoms with Crippen LogP contribution in [0.1, 0.15) is 258 Å². The van der Waals surface area contributed by atoms with Crippen LogP contribution in [-0.2, 0) is 28.6 Å². The van der Waals surface area contributed by atoms with E-state index >= 15 is 0 Å². The monoisotopic (exact) mass is 1070 g/mol. The Labute approximate surface area is 480 Å². The van der Waals surface area contributed by atoms with E-state index in [0.717, 1.165) is 173 Å². The van der Waals surface area contributed by atoms with Crippen molar-refractivity contribution >= 4 is 17.9 Å². The molecule has 6 heteroatoms. The van der Waals surface area contributed by atoms with Crippen LogP contribution < -0.4 is 0 Å². The fourth-order valence-electron chi connectivity index (χ4n) is 8.10. The number of rotatable bonds is 55. The minimum atomic E-state index is -0.804. The number of ether oxygens (including phenoxy) is 3. The van der Waals surface area contributed by atoms with Gasteiger partial charge in [0.15, 0.2) is 6.10 Å². The van der Waals surface area contributed by atoms with Crippen molar-refractivity contribution < 1.29 is 28.6 Å². The van der Waals surface area contributed by atoms with Crippen LogP contribution in [0.25, 0.3) is 0 Å². The molecule has 0 aromatic carbocycles. The Morgan fingerprint density at radius 1 is 0.269 bits per heavy atom. The van der Waals surface area contributed by atoms with Crippen molar-refractivity contribution in [3.05, 3.63) is 158 Å². The lowest BCUT2D eigenvalue weighted by Gasteiger charge is -2.18. The van der Waals surface area contributed by atoms with E-state index in [1.165, 1.54) is 44.9 Å². The summed E-state index contributed by atoms with van der Waals surface area (Å²) in [5.74, 6) is -0.949. The first-order valence-electron chi connectivity index (χ1n) is 31.5. The fourth-order valence-corrected chi connectivity index (χ4v) is 8.10. The molecule has 0 radical (unpaired) electrons. The van der Waals surface area contributed by atoms with Gasteiger partial charge >= 0.3 is 17.9 Å². The topological polar surface area (TPSA) is 78.9 Å². The van der Waals surface area contributed by atoms with Gasteiger partial charge in [-0.25, -0.2) is 0 Å². The summed E-state index contributed by atoms with van der Waals surface area (Å²) in [6, 6.07) is 0. The molecule has 0 aromatic rings. The van der Waals surface area contributed by atoms with Gasteiger partial charge in [-0.1, -0.05) is 256 Å². The molecule has 0 bridgehead atoms. The molecule has 0 rings (SSSR count). The minimum absolute atomic E-state index is 0.100. The lowest BCUT2D eigenvalue weighted by atomic mass is 10.1. The second-order valence-corrected chi connectivity index (χ2v) is 20.2. The molecular formula is C72H114O6. The lowest BCUT2D eigenvalue weighted by Crippen LogP contribution is -2.30. The molecule has 1 atom stereocenters. The molecule has 0 aliphatic heterocycles. The highest BCUT2D eigenvalue weighted by molar-refractivity contribution is 5.71. The number of esters is 3. The quantitative estimate of drug-likeness (QED) is 0.0261. The first kappa shape index (κ1) is 73.0. The van der Waals surface area contributed by atoms with Gasteiger partial charge in [-0.15, -0.1) is 0 Å². The van der Waals surface area contributed by atoms with E-state index < -0.39 is 6.10 Å². The van der Waals surface area contributed by atoms with Crippen LogP contribution in [0.4, 0.5) is 0 Å². The molecule has 438 valence electrons. The van der Waals surface area contributed by atoms with Crippen LogP contribution in [0, 0.1) is 0 Å². The highest BCUT2D eigenvalue weighted by atomic mass is 16.6. The standard InChI is InChI=1S/C72H114O6/c1-4-7-10-13-16-19-22-24-26-28-30-32-33-34-35-36-37-38-39-41-42-44-46-48-50-53-56-59-62-65-71(74)77-68-69(67-76-70(73)64-61-58-55-52-21-18-15-12-9-6-3)78-72(75)66-63-60-57-54-51-49-47-45-43-40-31-29-27-25-23-20-17-14-11-8-5-2/h7-8,10-12,15-17,19-20,24-27,30-32,34-35,37-38,40-42,46,48,69H,4-6,9,13-14,18,21-23,28-29,33,36,39,43-45,47,49-68H2,1-3H3/b10-7-,11-8-,15-12-,19-16-,20-17-,26-24-,27-25-,32-30-,35-34-,38-37-,40-31-,42-41-,48-46-. The first-order chi connectivity index (χ1) is 38.5. The molecule has 0 heterocycles. The number of unbranched alkanes of at least 4 members (excludes halogenated alkanes) is 18. The van der Waals surface area contributed by atoms with Crippen molar-refractivity contribution in [3.8, 4) is 0 Å². The summed E-state index contributed by atoms with van der Waals surface area (Å²) in [6.45, 7) is 6.31. The summed E-state index contributed by atoms with van der Waals surface area (Å²) < 4.78 is 16.8. The predicted molar refractivity (Wildman–Crippen MR) is 338 cm³/mol. The van der Waals surface area contributed by atoms with Gasteiger partial charge in [0.25, 0.3) is 0 Å². The van der Waals surface area contributed by atoms with Crippen molar-refractivity contribution in [2.45, 2.75) is 264 Å². The molecule has 0 aliphatic rings. The maximum atomic E-state index is 12.9. The number of hydrogen-bond acceptors (Lipinski definition) is 6. The Balaban J connectivity index is 4.36. The molecule has 0 spiro atoms.